The molecule has 1 spiro atoms. The monoisotopic (exact) mass is 245 g/mol. The van der Waals surface area contributed by atoms with Crippen LogP contribution in [0.25, 0.3) is 0 Å². The first-order chi connectivity index (χ1) is 8.75. The first-order valence-electron chi connectivity index (χ1n) is 6.69. The summed E-state index contributed by atoms with van der Waals surface area (Å²) in [6.07, 6.45) is 2.00. The fourth-order valence-electron chi connectivity index (χ4n) is 3.48. The van der Waals surface area contributed by atoms with Gasteiger partial charge < -0.3 is 10.1 Å². The third kappa shape index (κ3) is 1.74. The topological polar surface area (TPSA) is 38.3 Å². The van der Waals surface area contributed by atoms with E-state index in [9.17, 15) is 4.79 Å². The van der Waals surface area contributed by atoms with Crippen LogP contribution in [0.4, 0.5) is 0 Å². The molecule has 0 amide bonds. The van der Waals surface area contributed by atoms with E-state index in [4.69, 9.17) is 4.74 Å². The second kappa shape index (κ2) is 4.39. The van der Waals surface area contributed by atoms with E-state index in [2.05, 4.69) is 29.6 Å². The van der Waals surface area contributed by atoms with Gasteiger partial charge in [-0.1, -0.05) is 24.3 Å². The molecule has 1 aromatic rings. The summed E-state index contributed by atoms with van der Waals surface area (Å²) in [6.45, 7) is 4.02. The number of hydrogen-bond acceptors (Lipinski definition) is 3. The van der Waals surface area contributed by atoms with Gasteiger partial charge in [-0.15, -0.1) is 0 Å². The molecule has 3 heteroatoms. The number of carbonyl (C=O) groups is 1. The lowest BCUT2D eigenvalue weighted by Gasteiger charge is -2.28. The molecule has 0 radical (unpaired) electrons. The maximum Gasteiger partial charge on any atom is 0.310 e. The zero-order valence-corrected chi connectivity index (χ0v) is 10.7. The molecule has 1 fully saturated rings. The number of rotatable bonds is 2. The van der Waals surface area contributed by atoms with E-state index in [-0.39, 0.29) is 17.3 Å². The van der Waals surface area contributed by atoms with E-state index in [1.54, 1.807) is 0 Å². The lowest BCUT2D eigenvalue weighted by molar-refractivity contribution is -0.150. The Labute approximate surface area is 108 Å². The Balaban J connectivity index is 1.86. The van der Waals surface area contributed by atoms with Crippen molar-refractivity contribution >= 4 is 5.97 Å². The SMILES string of the molecule is CCOC(=O)C1CNCC12Cc1ccccc1C2. The molecule has 0 aromatic heterocycles. The number of ether oxygens (including phenoxy) is 1. The van der Waals surface area contributed by atoms with E-state index < -0.39 is 0 Å². The summed E-state index contributed by atoms with van der Waals surface area (Å²) < 4.78 is 5.23. The van der Waals surface area contributed by atoms with Gasteiger partial charge in [0.1, 0.15) is 0 Å². The second-order valence-electron chi connectivity index (χ2n) is 5.42. The fourth-order valence-corrected chi connectivity index (χ4v) is 3.48. The van der Waals surface area contributed by atoms with Gasteiger partial charge in [0.15, 0.2) is 0 Å². The highest BCUT2D eigenvalue weighted by molar-refractivity contribution is 5.75. The molecule has 1 saturated heterocycles. The summed E-state index contributed by atoms with van der Waals surface area (Å²) in [4.78, 5) is 12.1. The molecule has 18 heavy (non-hydrogen) atoms. The first-order valence-corrected chi connectivity index (χ1v) is 6.69. The summed E-state index contributed by atoms with van der Waals surface area (Å²) >= 11 is 0. The largest absolute Gasteiger partial charge is 0.466 e. The zero-order valence-electron chi connectivity index (χ0n) is 10.7. The molecule has 1 unspecified atom stereocenters. The van der Waals surface area contributed by atoms with Gasteiger partial charge in [0.25, 0.3) is 0 Å². The van der Waals surface area contributed by atoms with Crippen LogP contribution >= 0.6 is 0 Å². The average Bonchev–Trinajstić information content (AvgIpc) is 2.93. The number of esters is 1. The number of nitrogens with one attached hydrogen (secondary N) is 1. The Morgan fingerprint density at radius 1 is 1.39 bits per heavy atom. The molecule has 0 saturated carbocycles. The van der Waals surface area contributed by atoms with Gasteiger partial charge in [0, 0.05) is 18.5 Å². The Bertz CT molecular complexity index is 444. The molecule has 3 nitrogen and oxygen atoms in total. The minimum Gasteiger partial charge on any atom is -0.466 e. The van der Waals surface area contributed by atoms with Crippen LogP contribution in [0, 0.1) is 11.3 Å². The lowest BCUT2D eigenvalue weighted by atomic mass is 9.75. The molecular weight excluding hydrogens is 226 g/mol. The average molecular weight is 245 g/mol. The van der Waals surface area contributed by atoms with Crippen molar-refractivity contribution < 1.29 is 9.53 Å². The van der Waals surface area contributed by atoms with Crippen molar-refractivity contribution in [1.29, 1.82) is 0 Å². The normalized spacial score (nSPS) is 24.2. The molecule has 96 valence electrons. The molecule has 1 N–H and O–H groups in total. The molecule has 0 bridgehead atoms. The predicted molar refractivity (Wildman–Crippen MR) is 69.3 cm³/mol. The van der Waals surface area contributed by atoms with Gasteiger partial charge in [-0.25, -0.2) is 0 Å². The van der Waals surface area contributed by atoms with Crippen LogP contribution in [0.1, 0.15) is 18.1 Å². The van der Waals surface area contributed by atoms with E-state index >= 15 is 0 Å². The second-order valence-corrected chi connectivity index (χ2v) is 5.42. The standard InChI is InChI=1S/C15H19NO2/c1-2-18-14(17)13-9-16-10-15(13)7-11-5-3-4-6-12(11)8-15/h3-6,13,16H,2,7-10H2,1H3. The Hall–Kier alpha value is -1.35. The minimum absolute atomic E-state index is 0.00449. The number of hydrogen-bond donors (Lipinski definition) is 1. The van der Waals surface area contributed by atoms with Crippen LogP contribution in [-0.2, 0) is 22.4 Å². The molecule has 2 aliphatic rings. The molecule has 1 aliphatic heterocycles. The van der Waals surface area contributed by atoms with Gasteiger partial charge in [0.2, 0.25) is 0 Å². The Morgan fingerprint density at radius 3 is 2.67 bits per heavy atom. The number of fused-ring (bicyclic) bond motifs is 1. The van der Waals surface area contributed by atoms with E-state index in [1.165, 1.54) is 11.1 Å². The summed E-state index contributed by atoms with van der Waals surface area (Å²) in [6, 6.07) is 8.54. The van der Waals surface area contributed by atoms with Crippen LogP contribution in [0.5, 0.6) is 0 Å². The molecule has 1 heterocycles. The van der Waals surface area contributed by atoms with Gasteiger partial charge in [0.05, 0.1) is 12.5 Å². The third-order valence-electron chi connectivity index (χ3n) is 4.34. The fraction of sp³-hybridized carbons (Fsp3) is 0.533. The molecule has 1 aliphatic carbocycles. The highest BCUT2D eigenvalue weighted by Crippen LogP contribution is 2.45. The van der Waals surface area contributed by atoms with Gasteiger partial charge >= 0.3 is 5.97 Å². The number of benzene rings is 1. The van der Waals surface area contributed by atoms with Gasteiger partial charge in [-0.2, -0.15) is 0 Å². The van der Waals surface area contributed by atoms with Crippen molar-refractivity contribution in [3.63, 3.8) is 0 Å². The summed E-state index contributed by atoms with van der Waals surface area (Å²) in [5.74, 6) is -0.0276. The van der Waals surface area contributed by atoms with E-state index in [0.717, 1.165) is 25.9 Å². The highest BCUT2D eigenvalue weighted by atomic mass is 16.5. The Morgan fingerprint density at radius 2 is 2.06 bits per heavy atom. The van der Waals surface area contributed by atoms with Crippen LogP contribution in [0.15, 0.2) is 24.3 Å². The van der Waals surface area contributed by atoms with Crippen molar-refractivity contribution in [1.82, 2.24) is 5.32 Å². The first kappa shape index (κ1) is 11.7. The predicted octanol–water partition coefficient (Wildman–Crippen LogP) is 1.55. The quantitative estimate of drug-likeness (QED) is 0.803. The maximum atomic E-state index is 12.1. The zero-order chi connectivity index (χ0) is 12.6. The van der Waals surface area contributed by atoms with Crippen LogP contribution in [-0.4, -0.2) is 25.7 Å². The molecule has 3 rings (SSSR count). The summed E-state index contributed by atoms with van der Waals surface area (Å²) in [5, 5.41) is 3.38. The van der Waals surface area contributed by atoms with Crippen molar-refractivity contribution in [2.45, 2.75) is 19.8 Å². The van der Waals surface area contributed by atoms with Crippen LogP contribution in [0.2, 0.25) is 0 Å². The van der Waals surface area contributed by atoms with Crippen molar-refractivity contribution in [2.75, 3.05) is 19.7 Å². The van der Waals surface area contributed by atoms with E-state index in [1.807, 2.05) is 6.92 Å². The lowest BCUT2D eigenvalue weighted by Crippen LogP contribution is -2.36. The summed E-state index contributed by atoms with van der Waals surface area (Å²) in [7, 11) is 0. The van der Waals surface area contributed by atoms with Crippen molar-refractivity contribution in [2.24, 2.45) is 11.3 Å². The third-order valence-corrected chi connectivity index (χ3v) is 4.34. The molecular formula is C15H19NO2. The van der Waals surface area contributed by atoms with Gasteiger partial charge in [-0.05, 0) is 30.9 Å². The van der Waals surface area contributed by atoms with Crippen LogP contribution < -0.4 is 5.32 Å². The highest BCUT2D eigenvalue weighted by Gasteiger charge is 2.50. The van der Waals surface area contributed by atoms with Crippen LogP contribution in [0.3, 0.4) is 0 Å². The number of carbonyl (C=O) groups excluding carboxylic acids is 1. The molecule has 1 atom stereocenters. The maximum absolute atomic E-state index is 12.1. The smallest absolute Gasteiger partial charge is 0.310 e. The Kier molecular flexibility index (Phi) is 2.86. The minimum atomic E-state index is -0.0321. The van der Waals surface area contributed by atoms with Crippen molar-refractivity contribution in [3.05, 3.63) is 35.4 Å². The van der Waals surface area contributed by atoms with Gasteiger partial charge in [-0.3, -0.25) is 4.79 Å². The van der Waals surface area contributed by atoms with E-state index in [0.29, 0.717) is 6.61 Å². The van der Waals surface area contributed by atoms with Crippen molar-refractivity contribution in [3.8, 4) is 0 Å². The summed E-state index contributed by atoms with van der Waals surface area (Å²) in [5.41, 5.74) is 2.85. The molecule has 1 aromatic carbocycles.